The van der Waals surface area contributed by atoms with Gasteiger partial charge < -0.3 is 5.32 Å². The fourth-order valence-electron chi connectivity index (χ4n) is 4.24. The van der Waals surface area contributed by atoms with Crippen LogP contribution < -0.4 is 5.32 Å². The average Bonchev–Trinajstić information content (AvgIpc) is 3.13. The zero-order valence-corrected chi connectivity index (χ0v) is 17.1. The molecule has 2 unspecified atom stereocenters. The quantitative estimate of drug-likeness (QED) is 0.271. The number of unbranched alkanes of at least 4 members (excludes halogenated alkanes) is 14. The van der Waals surface area contributed by atoms with Crippen LogP contribution in [0, 0.1) is 11.8 Å². The molecule has 1 saturated heterocycles. The molecule has 1 N–H and O–H groups in total. The molecule has 24 heavy (non-hydrogen) atoms. The zero-order valence-electron chi connectivity index (χ0n) is 17.1. The van der Waals surface area contributed by atoms with Gasteiger partial charge in [-0.25, -0.2) is 0 Å². The highest BCUT2D eigenvalue weighted by Crippen LogP contribution is 2.24. The SMILES string of the molecule is CCCCCCCCCCCCCCCCCC(C)C1CCNC1. The summed E-state index contributed by atoms with van der Waals surface area (Å²) < 4.78 is 0. The summed E-state index contributed by atoms with van der Waals surface area (Å²) in [5, 5.41) is 3.51. The van der Waals surface area contributed by atoms with Crippen molar-refractivity contribution in [2.45, 2.75) is 123 Å². The Morgan fingerprint density at radius 3 is 1.58 bits per heavy atom. The van der Waals surface area contributed by atoms with E-state index in [4.69, 9.17) is 0 Å². The maximum Gasteiger partial charge on any atom is -0.00175 e. The van der Waals surface area contributed by atoms with Gasteiger partial charge in [0.25, 0.3) is 0 Å². The van der Waals surface area contributed by atoms with Crippen molar-refractivity contribution in [2.24, 2.45) is 11.8 Å². The lowest BCUT2D eigenvalue weighted by Crippen LogP contribution is -2.15. The molecule has 1 heterocycles. The molecule has 0 radical (unpaired) electrons. The van der Waals surface area contributed by atoms with Gasteiger partial charge in [0.2, 0.25) is 0 Å². The minimum Gasteiger partial charge on any atom is -0.316 e. The lowest BCUT2D eigenvalue weighted by molar-refractivity contribution is 0.349. The van der Waals surface area contributed by atoms with Gasteiger partial charge in [-0.15, -0.1) is 0 Å². The molecule has 144 valence electrons. The maximum atomic E-state index is 3.51. The first-order chi connectivity index (χ1) is 11.8. The van der Waals surface area contributed by atoms with E-state index in [-0.39, 0.29) is 0 Å². The fourth-order valence-corrected chi connectivity index (χ4v) is 4.24. The predicted octanol–water partition coefficient (Wildman–Crippen LogP) is 7.49. The molecule has 1 aliphatic heterocycles. The first kappa shape index (κ1) is 22.0. The molecular formula is C23H47N. The largest absolute Gasteiger partial charge is 0.316 e. The van der Waals surface area contributed by atoms with E-state index in [9.17, 15) is 0 Å². The molecule has 0 saturated carbocycles. The third-order valence-electron chi connectivity index (χ3n) is 6.17. The summed E-state index contributed by atoms with van der Waals surface area (Å²) in [6, 6.07) is 0. The molecule has 1 fully saturated rings. The standard InChI is InChI=1S/C23H47N/c1-3-4-5-6-7-8-9-10-11-12-13-14-15-16-17-18-22(2)23-19-20-24-21-23/h22-24H,3-21H2,1-2H3. The molecule has 0 aromatic carbocycles. The molecule has 1 nitrogen and oxygen atoms in total. The molecule has 1 heteroatoms. The summed E-state index contributed by atoms with van der Waals surface area (Å²) in [5.41, 5.74) is 0. The molecule has 1 aliphatic rings. The van der Waals surface area contributed by atoms with Crippen LogP contribution in [0.3, 0.4) is 0 Å². The van der Waals surface area contributed by atoms with Crippen LogP contribution in [0.4, 0.5) is 0 Å². The van der Waals surface area contributed by atoms with E-state index in [1.165, 1.54) is 122 Å². The summed E-state index contributed by atoms with van der Waals surface area (Å²) in [6.45, 7) is 7.31. The Labute approximate surface area is 153 Å². The second-order valence-electron chi connectivity index (χ2n) is 8.47. The van der Waals surface area contributed by atoms with Gasteiger partial charge in [-0.05, 0) is 31.3 Å². The normalized spacial score (nSPS) is 19.0. The molecule has 2 atom stereocenters. The second kappa shape index (κ2) is 16.4. The second-order valence-corrected chi connectivity index (χ2v) is 8.47. The Morgan fingerprint density at radius 2 is 1.17 bits per heavy atom. The van der Waals surface area contributed by atoms with Gasteiger partial charge in [0.1, 0.15) is 0 Å². The third-order valence-corrected chi connectivity index (χ3v) is 6.17. The highest BCUT2D eigenvalue weighted by Gasteiger charge is 2.20. The van der Waals surface area contributed by atoms with E-state index in [1.807, 2.05) is 0 Å². The van der Waals surface area contributed by atoms with Crippen LogP contribution in [-0.2, 0) is 0 Å². The van der Waals surface area contributed by atoms with Crippen molar-refractivity contribution in [1.82, 2.24) is 5.32 Å². The van der Waals surface area contributed by atoms with Crippen molar-refractivity contribution in [2.75, 3.05) is 13.1 Å². The Kier molecular flexibility index (Phi) is 15.1. The van der Waals surface area contributed by atoms with Crippen LogP contribution in [0.15, 0.2) is 0 Å². The first-order valence-corrected chi connectivity index (χ1v) is 11.5. The summed E-state index contributed by atoms with van der Waals surface area (Å²) >= 11 is 0. The highest BCUT2D eigenvalue weighted by atomic mass is 14.9. The molecule has 0 amide bonds. The Bertz CT molecular complexity index is 244. The van der Waals surface area contributed by atoms with Crippen LogP contribution in [-0.4, -0.2) is 13.1 Å². The van der Waals surface area contributed by atoms with Crippen LogP contribution in [0.5, 0.6) is 0 Å². The van der Waals surface area contributed by atoms with Crippen molar-refractivity contribution in [1.29, 1.82) is 0 Å². The smallest absolute Gasteiger partial charge is 0.00175 e. The van der Waals surface area contributed by atoms with E-state index < -0.39 is 0 Å². The molecule has 0 bridgehead atoms. The Morgan fingerprint density at radius 1 is 0.708 bits per heavy atom. The van der Waals surface area contributed by atoms with E-state index >= 15 is 0 Å². The summed E-state index contributed by atoms with van der Waals surface area (Å²) in [7, 11) is 0. The molecule has 0 spiro atoms. The maximum absolute atomic E-state index is 3.51. The van der Waals surface area contributed by atoms with Crippen molar-refractivity contribution in [3.05, 3.63) is 0 Å². The average molecular weight is 338 g/mol. The molecule has 1 rings (SSSR count). The van der Waals surface area contributed by atoms with E-state index in [1.54, 1.807) is 0 Å². The lowest BCUT2D eigenvalue weighted by atomic mass is 9.88. The lowest BCUT2D eigenvalue weighted by Gasteiger charge is -2.17. The summed E-state index contributed by atoms with van der Waals surface area (Å²) in [4.78, 5) is 0. The van der Waals surface area contributed by atoms with Gasteiger partial charge in [-0.3, -0.25) is 0 Å². The zero-order chi connectivity index (χ0) is 17.3. The van der Waals surface area contributed by atoms with Gasteiger partial charge in [0.05, 0.1) is 0 Å². The van der Waals surface area contributed by atoms with Crippen LogP contribution in [0.25, 0.3) is 0 Å². The van der Waals surface area contributed by atoms with Gasteiger partial charge in [0, 0.05) is 0 Å². The first-order valence-electron chi connectivity index (χ1n) is 11.5. The van der Waals surface area contributed by atoms with Gasteiger partial charge in [-0.1, -0.05) is 117 Å². The van der Waals surface area contributed by atoms with Crippen LogP contribution >= 0.6 is 0 Å². The molecule has 0 aromatic rings. The molecule has 0 aromatic heterocycles. The Hall–Kier alpha value is -0.0400. The fraction of sp³-hybridized carbons (Fsp3) is 1.00. The van der Waals surface area contributed by atoms with Crippen LogP contribution in [0.2, 0.25) is 0 Å². The van der Waals surface area contributed by atoms with E-state index in [0.717, 1.165) is 11.8 Å². The van der Waals surface area contributed by atoms with Gasteiger partial charge in [-0.2, -0.15) is 0 Å². The van der Waals surface area contributed by atoms with Crippen molar-refractivity contribution < 1.29 is 0 Å². The minimum absolute atomic E-state index is 0.946. The number of hydrogen-bond donors (Lipinski definition) is 1. The van der Waals surface area contributed by atoms with Crippen molar-refractivity contribution in [3.8, 4) is 0 Å². The van der Waals surface area contributed by atoms with Gasteiger partial charge in [0.15, 0.2) is 0 Å². The van der Waals surface area contributed by atoms with Crippen molar-refractivity contribution >= 4 is 0 Å². The number of nitrogens with one attached hydrogen (secondary N) is 1. The van der Waals surface area contributed by atoms with E-state index in [2.05, 4.69) is 19.2 Å². The van der Waals surface area contributed by atoms with Crippen molar-refractivity contribution in [3.63, 3.8) is 0 Å². The number of rotatable bonds is 17. The van der Waals surface area contributed by atoms with E-state index in [0.29, 0.717) is 0 Å². The predicted molar refractivity (Wildman–Crippen MR) is 110 cm³/mol. The third kappa shape index (κ3) is 12.3. The molecule has 0 aliphatic carbocycles. The summed E-state index contributed by atoms with van der Waals surface area (Å²) in [6.07, 6.45) is 24.9. The van der Waals surface area contributed by atoms with Gasteiger partial charge >= 0.3 is 0 Å². The topological polar surface area (TPSA) is 12.0 Å². The Balaban J connectivity index is 1.70. The number of hydrogen-bond acceptors (Lipinski definition) is 1. The highest BCUT2D eigenvalue weighted by molar-refractivity contribution is 4.75. The minimum atomic E-state index is 0.946. The van der Waals surface area contributed by atoms with Crippen LogP contribution in [0.1, 0.15) is 123 Å². The monoisotopic (exact) mass is 337 g/mol. The molecular weight excluding hydrogens is 290 g/mol. The summed E-state index contributed by atoms with van der Waals surface area (Å²) in [5.74, 6) is 1.92.